The van der Waals surface area contributed by atoms with Crippen LogP contribution in [0.2, 0.25) is 0 Å². The Kier molecular flexibility index (Phi) is 4.68. The van der Waals surface area contributed by atoms with E-state index in [-0.39, 0.29) is 11.8 Å². The number of fused-ring (bicyclic) bond motifs is 1. The molecule has 148 valence electrons. The van der Waals surface area contributed by atoms with Gasteiger partial charge in [-0.25, -0.2) is 4.98 Å². The minimum atomic E-state index is 0.126. The van der Waals surface area contributed by atoms with Crippen molar-refractivity contribution in [3.05, 3.63) is 54.1 Å². The van der Waals surface area contributed by atoms with Gasteiger partial charge in [-0.2, -0.15) is 0 Å². The third kappa shape index (κ3) is 3.83. The summed E-state index contributed by atoms with van der Waals surface area (Å²) in [6, 6.07) is 16.7. The number of nitrogens with zero attached hydrogens (tertiary/aromatic N) is 2. The molecule has 1 saturated carbocycles. The van der Waals surface area contributed by atoms with Crippen molar-refractivity contribution in [3.8, 4) is 11.3 Å². The van der Waals surface area contributed by atoms with E-state index in [2.05, 4.69) is 53.5 Å². The summed E-state index contributed by atoms with van der Waals surface area (Å²) in [6.07, 6.45) is 2.00. The molecule has 2 heterocycles. The highest BCUT2D eigenvalue weighted by Gasteiger charge is 2.29. The second-order valence-corrected chi connectivity index (χ2v) is 7.99. The van der Waals surface area contributed by atoms with Crippen LogP contribution in [-0.4, -0.2) is 37.2 Å². The normalized spacial score (nSPS) is 16.8. The minimum Gasteiger partial charge on any atom is -0.378 e. The van der Waals surface area contributed by atoms with Crippen molar-refractivity contribution < 1.29 is 9.53 Å². The first-order valence-corrected chi connectivity index (χ1v) is 10.3. The SMILES string of the molecule is Cc1ccc(-c2cc(N3CCOCC3)c3cc(NC(=O)C4CC4)ccc3n2)cc1. The van der Waals surface area contributed by atoms with Gasteiger partial charge in [0.2, 0.25) is 5.91 Å². The number of ether oxygens (including phenoxy) is 1. The first-order chi connectivity index (χ1) is 14.2. The van der Waals surface area contributed by atoms with Crippen molar-refractivity contribution >= 4 is 28.2 Å². The van der Waals surface area contributed by atoms with Gasteiger partial charge in [-0.05, 0) is 44.0 Å². The Bertz CT molecular complexity index is 1050. The second-order valence-electron chi connectivity index (χ2n) is 7.99. The summed E-state index contributed by atoms with van der Waals surface area (Å²) in [5, 5.41) is 4.13. The molecule has 1 amide bonds. The van der Waals surface area contributed by atoms with E-state index >= 15 is 0 Å². The van der Waals surface area contributed by atoms with E-state index < -0.39 is 0 Å². The zero-order valence-corrected chi connectivity index (χ0v) is 16.6. The molecular weight excluding hydrogens is 362 g/mol. The first kappa shape index (κ1) is 18.1. The van der Waals surface area contributed by atoms with Crippen molar-refractivity contribution in [2.24, 2.45) is 5.92 Å². The van der Waals surface area contributed by atoms with E-state index in [1.165, 1.54) is 5.56 Å². The number of carbonyl (C=O) groups is 1. The second kappa shape index (κ2) is 7.48. The molecule has 0 spiro atoms. The number of anilines is 2. The van der Waals surface area contributed by atoms with Gasteiger partial charge in [0, 0.05) is 41.3 Å². The molecule has 1 aromatic heterocycles. The van der Waals surface area contributed by atoms with Crippen molar-refractivity contribution in [3.63, 3.8) is 0 Å². The van der Waals surface area contributed by atoms with Gasteiger partial charge in [0.15, 0.2) is 0 Å². The molecule has 0 unspecified atom stereocenters. The number of pyridine rings is 1. The Labute approximate surface area is 170 Å². The molecule has 5 nitrogen and oxygen atoms in total. The van der Waals surface area contributed by atoms with E-state index in [0.29, 0.717) is 0 Å². The standard InChI is InChI=1S/C24H25N3O2/c1-16-2-4-17(5-3-16)22-15-23(27-10-12-29-13-11-27)20-14-19(8-9-21(20)26-22)25-24(28)18-6-7-18/h2-5,8-9,14-15,18H,6-7,10-13H2,1H3,(H,25,28). The Morgan fingerprint density at radius 1 is 1.07 bits per heavy atom. The molecule has 0 bridgehead atoms. The highest BCUT2D eigenvalue weighted by molar-refractivity contribution is 6.00. The summed E-state index contributed by atoms with van der Waals surface area (Å²) < 4.78 is 5.56. The molecule has 0 radical (unpaired) electrons. The molecular formula is C24H25N3O2. The topological polar surface area (TPSA) is 54.5 Å². The smallest absolute Gasteiger partial charge is 0.227 e. The fourth-order valence-corrected chi connectivity index (χ4v) is 3.81. The number of hydrogen-bond donors (Lipinski definition) is 1. The lowest BCUT2D eigenvalue weighted by Gasteiger charge is -2.30. The highest BCUT2D eigenvalue weighted by Crippen LogP contribution is 2.34. The molecule has 29 heavy (non-hydrogen) atoms. The molecule has 3 aromatic rings. The van der Waals surface area contributed by atoms with E-state index in [1.54, 1.807) is 0 Å². The third-order valence-electron chi connectivity index (χ3n) is 5.70. The predicted molar refractivity (Wildman–Crippen MR) is 116 cm³/mol. The lowest BCUT2D eigenvalue weighted by atomic mass is 10.0. The molecule has 1 N–H and O–H groups in total. The van der Waals surface area contributed by atoms with Crippen LogP contribution in [0.5, 0.6) is 0 Å². The van der Waals surface area contributed by atoms with Crippen molar-refractivity contribution in [2.45, 2.75) is 19.8 Å². The maximum Gasteiger partial charge on any atom is 0.227 e. The fourth-order valence-electron chi connectivity index (χ4n) is 3.81. The van der Waals surface area contributed by atoms with Crippen LogP contribution in [0.4, 0.5) is 11.4 Å². The van der Waals surface area contributed by atoms with Gasteiger partial charge in [0.1, 0.15) is 0 Å². The van der Waals surface area contributed by atoms with E-state index in [1.807, 2.05) is 12.1 Å². The van der Waals surface area contributed by atoms with Gasteiger partial charge in [0.25, 0.3) is 0 Å². The maximum atomic E-state index is 12.2. The highest BCUT2D eigenvalue weighted by atomic mass is 16.5. The Morgan fingerprint density at radius 2 is 1.83 bits per heavy atom. The number of morpholine rings is 1. The number of hydrogen-bond acceptors (Lipinski definition) is 4. The monoisotopic (exact) mass is 387 g/mol. The summed E-state index contributed by atoms with van der Waals surface area (Å²) in [7, 11) is 0. The summed E-state index contributed by atoms with van der Waals surface area (Å²) in [4.78, 5) is 19.5. The molecule has 2 aliphatic rings. The van der Waals surface area contributed by atoms with Crippen LogP contribution in [-0.2, 0) is 9.53 Å². The summed E-state index contributed by atoms with van der Waals surface area (Å²) in [5.41, 5.74) is 6.24. The number of benzene rings is 2. The van der Waals surface area contributed by atoms with E-state index in [0.717, 1.165) is 72.7 Å². The predicted octanol–water partition coefficient (Wildman–Crippen LogP) is 4.40. The van der Waals surface area contributed by atoms with Crippen molar-refractivity contribution in [1.82, 2.24) is 4.98 Å². The summed E-state index contributed by atoms with van der Waals surface area (Å²) in [5.74, 6) is 0.313. The number of aryl methyl sites for hydroxylation is 1. The summed E-state index contributed by atoms with van der Waals surface area (Å²) >= 11 is 0. The van der Waals surface area contributed by atoms with Gasteiger partial charge in [-0.1, -0.05) is 29.8 Å². The van der Waals surface area contributed by atoms with Crippen LogP contribution in [0.1, 0.15) is 18.4 Å². The largest absolute Gasteiger partial charge is 0.378 e. The van der Waals surface area contributed by atoms with Crippen LogP contribution in [0.3, 0.4) is 0 Å². The maximum absolute atomic E-state index is 12.2. The van der Waals surface area contributed by atoms with Gasteiger partial charge >= 0.3 is 0 Å². The molecule has 0 atom stereocenters. The average molecular weight is 387 g/mol. The molecule has 5 heteroatoms. The van der Waals surface area contributed by atoms with Gasteiger partial charge in [-0.15, -0.1) is 0 Å². The zero-order valence-electron chi connectivity index (χ0n) is 16.6. The Morgan fingerprint density at radius 3 is 2.55 bits per heavy atom. The van der Waals surface area contributed by atoms with E-state index in [4.69, 9.17) is 9.72 Å². The average Bonchev–Trinajstić information content (AvgIpc) is 3.60. The van der Waals surface area contributed by atoms with Gasteiger partial charge < -0.3 is 15.0 Å². The van der Waals surface area contributed by atoms with Crippen molar-refractivity contribution in [1.29, 1.82) is 0 Å². The fraction of sp³-hybridized carbons (Fsp3) is 0.333. The molecule has 5 rings (SSSR count). The van der Waals surface area contributed by atoms with Gasteiger partial charge in [-0.3, -0.25) is 4.79 Å². The van der Waals surface area contributed by atoms with Crippen molar-refractivity contribution in [2.75, 3.05) is 36.5 Å². The molecule has 1 aliphatic carbocycles. The minimum absolute atomic E-state index is 0.126. The number of amides is 1. The third-order valence-corrected chi connectivity index (χ3v) is 5.70. The first-order valence-electron chi connectivity index (χ1n) is 10.3. The van der Waals surface area contributed by atoms with Gasteiger partial charge in [0.05, 0.1) is 24.4 Å². The Hall–Kier alpha value is -2.92. The summed E-state index contributed by atoms with van der Waals surface area (Å²) in [6.45, 7) is 5.24. The zero-order chi connectivity index (χ0) is 19.8. The quantitative estimate of drug-likeness (QED) is 0.721. The number of rotatable bonds is 4. The molecule has 2 fully saturated rings. The van der Waals surface area contributed by atoms with Crippen LogP contribution < -0.4 is 10.2 Å². The number of nitrogens with one attached hydrogen (secondary N) is 1. The van der Waals surface area contributed by atoms with Crippen LogP contribution in [0, 0.1) is 12.8 Å². The molecule has 2 aromatic carbocycles. The van der Waals surface area contributed by atoms with Crippen LogP contribution in [0.15, 0.2) is 48.5 Å². The van der Waals surface area contributed by atoms with Crippen LogP contribution >= 0.6 is 0 Å². The number of aromatic nitrogens is 1. The number of carbonyl (C=O) groups excluding carboxylic acids is 1. The molecule has 1 aliphatic heterocycles. The van der Waals surface area contributed by atoms with Crippen LogP contribution in [0.25, 0.3) is 22.2 Å². The lowest BCUT2D eigenvalue weighted by molar-refractivity contribution is -0.117. The molecule has 1 saturated heterocycles. The van der Waals surface area contributed by atoms with E-state index in [9.17, 15) is 4.79 Å². The Balaban J connectivity index is 1.59. The lowest BCUT2D eigenvalue weighted by Crippen LogP contribution is -2.36.